The minimum Gasteiger partial charge on any atom is -0.353 e. The Hall–Kier alpha value is -2.86. The number of hydrogen-bond acceptors (Lipinski definition) is 3. The van der Waals surface area contributed by atoms with Gasteiger partial charge in [0.1, 0.15) is 0 Å². The number of nitrogens with one attached hydrogen (secondary N) is 2. The molecule has 2 aromatic heterocycles. The van der Waals surface area contributed by atoms with Crippen molar-refractivity contribution in [1.29, 1.82) is 0 Å². The van der Waals surface area contributed by atoms with Crippen molar-refractivity contribution in [2.45, 2.75) is 11.8 Å². The van der Waals surface area contributed by atoms with Crippen LogP contribution in [0.2, 0.25) is 0 Å². The van der Waals surface area contributed by atoms with Gasteiger partial charge in [-0.1, -0.05) is 30.3 Å². The van der Waals surface area contributed by atoms with E-state index in [1.807, 2.05) is 30.3 Å². The maximum Gasteiger partial charge on any atom is 0.252 e. The van der Waals surface area contributed by atoms with Crippen molar-refractivity contribution in [3.8, 4) is 11.1 Å². The van der Waals surface area contributed by atoms with E-state index < -0.39 is 9.84 Å². The van der Waals surface area contributed by atoms with Gasteiger partial charge in [0.25, 0.3) is 5.56 Å². The molecule has 0 saturated carbocycles. The van der Waals surface area contributed by atoms with E-state index in [-0.39, 0.29) is 10.5 Å². The topological polar surface area (TPSA) is 82.8 Å². The highest BCUT2D eigenvalue weighted by Gasteiger charge is 2.17. The number of H-pyrrole nitrogens is 2. The first-order valence-corrected chi connectivity index (χ1v) is 9.69. The lowest BCUT2D eigenvalue weighted by atomic mass is 10.0. The van der Waals surface area contributed by atoms with Gasteiger partial charge < -0.3 is 9.97 Å². The van der Waals surface area contributed by atoms with Crippen LogP contribution < -0.4 is 5.56 Å². The molecule has 2 N–H and O–H groups in total. The quantitative estimate of drug-likeness (QED) is 0.580. The second-order valence-corrected chi connectivity index (χ2v) is 8.19. The van der Waals surface area contributed by atoms with Crippen molar-refractivity contribution in [1.82, 2.24) is 9.97 Å². The first-order valence-electron chi connectivity index (χ1n) is 7.80. The SMILES string of the molecule is Cc1c(-c2cccc(S(C)(=O)=O)c2)c2[nH]c3ccccc3c2[nH]c1=O. The summed E-state index contributed by atoms with van der Waals surface area (Å²) in [7, 11) is -3.33. The van der Waals surface area contributed by atoms with E-state index in [0.29, 0.717) is 11.1 Å². The molecule has 25 heavy (non-hydrogen) atoms. The Morgan fingerprint density at radius 1 is 0.920 bits per heavy atom. The third kappa shape index (κ3) is 2.46. The van der Waals surface area contributed by atoms with Crippen LogP contribution in [0.1, 0.15) is 5.56 Å². The molecule has 0 bridgehead atoms. The summed E-state index contributed by atoms with van der Waals surface area (Å²) < 4.78 is 23.8. The molecule has 2 heterocycles. The molecular weight excluding hydrogens is 336 g/mol. The summed E-state index contributed by atoms with van der Waals surface area (Å²) in [6, 6.07) is 14.4. The van der Waals surface area contributed by atoms with Gasteiger partial charge in [0.05, 0.1) is 15.9 Å². The lowest BCUT2D eigenvalue weighted by Gasteiger charge is -2.09. The maximum absolute atomic E-state index is 12.5. The minimum absolute atomic E-state index is 0.183. The van der Waals surface area contributed by atoms with Gasteiger partial charge in [-0.15, -0.1) is 0 Å². The third-order valence-electron chi connectivity index (χ3n) is 4.46. The van der Waals surface area contributed by atoms with E-state index in [9.17, 15) is 13.2 Å². The number of aromatic nitrogens is 2. The van der Waals surface area contributed by atoms with Gasteiger partial charge in [0.2, 0.25) is 0 Å². The number of pyridine rings is 1. The zero-order valence-corrected chi connectivity index (χ0v) is 14.6. The summed E-state index contributed by atoms with van der Waals surface area (Å²) in [5.41, 5.74) is 4.22. The second-order valence-electron chi connectivity index (χ2n) is 6.17. The van der Waals surface area contributed by atoms with Crippen LogP contribution in [0.3, 0.4) is 0 Å². The number of aromatic amines is 2. The molecule has 0 amide bonds. The predicted molar refractivity (Wildman–Crippen MR) is 99.7 cm³/mol. The molecule has 0 aliphatic heterocycles. The Labute approximate surface area is 144 Å². The minimum atomic E-state index is -3.33. The second kappa shape index (κ2) is 5.32. The van der Waals surface area contributed by atoms with Gasteiger partial charge in [-0.05, 0) is 30.7 Å². The first-order chi connectivity index (χ1) is 11.9. The zero-order chi connectivity index (χ0) is 17.8. The van der Waals surface area contributed by atoms with E-state index in [4.69, 9.17) is 0 Å². The molecule has 0 unspecified atom stereocenters. The largest absolute Gasteiger partial charge is 0.353 e. The van der Waals surface area contributed by atoms with Gasteiger partial charge in [-0.25, -0.2) is 8.42 Å². The van der Waals surface area contributed by atoms with Gasteiger partial charge in [0, 0.05) is 28.3 Å². The van der Waals surface area contributed by atoms with Crippen molar-refractivity contribution in [2.75, 3.05) is 6.26 Å². The van der Waals surface area contributed by atoms with Crippen LogP contribution in [-0.4, -0.2) is 24.6 Å². The summed E-state index contributed by atoms with van der Waals surface area (Å²) in [6.07, 6.45) is 1.18. The maximum atomic E-state index is 12.5. The molecular formula is C19H16N2O3S. The third-order valence-corrected chi connectivity index (χ3v) is 5.57. The van der Waals surface area contributed by atoms with Crippen molar-refractivity contribution in [2.24, 2.45) is 0 Å². The Bertz CT molecular complexity index is 1300. The lowest BCUT2D eigenvalue weighted by Crippen LogP contribution is -2.11. The Balaban J connectivity index is 2.15. The van der Waals surface area contributed by atoms with Crippen LogP contribution in [0.5, 0.6) is 0 Å². The number of para-hydroxylation sites is 1. The number of rotatable bonds is 2. The molecule has 0 saturated heterocycles. The van der Waals surface area contributed by atoms with Crippen molar-refractivity contribution < 1.29 is 8.42 Å². The first kappa shape index (κ1) is 15.7. The molecule has 0 radical (unpaired) electrons. The van der Waals surface area contributed by atoms with Crippen LogP contribution >= 0.6 is 0 Å². The van der Waals surface area contributed by atoms with E-state index in [0.717, 1.165) is 27.5 Å². The van der Waals surface area contributed by atoms with E-state index in [2.05, 4.69) is 9.97 Å². The number of hydrogen-bond donors (Lipinski definition) is 2. The molecule has 0 spiro atoms. The highest BCUT2D eigenvalue weighted by molar-refractivity contribution is 7.90. The van der Waals surface area contributed by atoms with E-state index >= 15 is 0 Å². The average Bonchev–Trinajstić information content (AvgIpc) is 2.93. The smallest absolute Gasteiger partial charge is 0.252 e. The number of sulfone groups is 1. The summed E-state index contributed by atoms with van der Waals surface area (Å²) in [4.78, 5) is 19.0. The number of fused-ring (bicyclic) bond motifs is 3. The Morgan fingerprint density at radius 3 is 2.44 bits per heavy atom. The highest BCUT2D eigenvalue weighted by atomic mass is 32.2. The zero-order valence-electron chi connectivity index (χ0n) is 13.8. The number of benzene rings is 2. The summed E-state index contributed by atoms with van der Waals surface area (Å²) >= 11 is 0. The average molecular weight is 352 g/mol. The van der Waals surface area contributed by atoms with E-state index in [1.165, 1.54) is 6.26 Å². The normalized spacial score (nSPS) is 12.1. The molecule has 0 aliphatic rings. The van der Waals surface area contributed by atoms with Crippen LogP contribution in [0.25, 0.3) is 33.1 Å². The van der Waals surface area contributed by atoms with Crippen LogP contribution in [-0.2, 0) is 9.84 Å². The summed E-state index contributed by atoms with van der Waals surface area (Å²) in [5, 5.41) is 0.926. The molecule has 4 rings (SSSR count). The van der Waals surface area contributed by atoms with Crippen LogP contribution in [0.15, 0.2) is 58.2 Å². The molecule has 126 valence electrons. The fourth-order valence-electron chi connectivity index (χ4n) is 3.21. The van der Waals surface area contributed by atoms with Gasteiger partial charge >= 0.3 is 0 Å². The van der Waals surface area contributed by atoms with Gasteiger partial charge in [0.15, 0.2) is 9.84 Å². The fraction of sp³-hybridized carbons (Fsp3) is 0.105. The predicted octanol–water partition coefficient (Wildman–Crippen LogP) is 3.39. The Morgan fingerprint density at radius 2 is 1.68 bits per heavy atom. The molecule has 4 aromatic rings. The standard InChI is InChI=1S/C19H16N2O3S/c1-11-16(12-6-5-7-13(10-12)25(2,23)24)18-17(21-19(11)22)14-8-3-4-9-15(14)20-18/h3-10,20H,1-2H3,(H,21,22). The molecule has 0 fully saturated rings. The molecule has 2 aromatic carbocycles. The van der Waals surface area contributed by atoms with Gasteiger partial charge in [-0.2, -0.15) is 0 Å². The van der Waals surface area contributed by atoms with E-state index in [1.54, 1.807) is 25.1 Å². The Kier molecular flexibility index (Phi) is 3.33. The van der Waals surface area contributed by atoms with Crippen molar-refractivity contribution >= 4 is 31.8 Å². The monoisotopic (exact) mass is 352 g/mol. The molecule has 0 aliphatic carbocycles. The van der Waals surface area contributed by atoms with Gasteiger partial charge in [-0.3, -0.25) is 4.79 Å². The molecule has 6 heteroatoms. The molecule has 0 atom stereocenters. The van der Waals surface area contributed by atoms with Crippen LogP contribution in [0.4, 0.5) is 0 Å². The lowest BCUT2D eigenvalue weighted by molar-refractivity contribution is 0.602. The van der Waals surface area contributed by atoms with Crippen molar-refractivity contribution in [3.05, 3.63) is 64.4 Å². The van der Waals surface area contributed by atoms with Crippen LogP contribution in [0, 0.1) is 6.92 Å². The summed E-state index contributed by atoms with van der Waals surface area (Å²) in [5.74, 6) is 0. The molecule has 5 nitrogen and oxygen atoms in total. The highest BCUT2D eigenvalue weighted by Crippen LogP contribution is 2.33. The summed E-state index contributed by atoms with van der Waals surface area (Å²) in [6.45, 7) is 1.74. The van der Waals surface area contributed by atoms with Crippen molar-refractivity contribution in [3.63, 3.8) is 0 Å². The fourth-order valence-corrected chi connectivity index (χ4v) is 3.88.